The summed E-state index contributed by atoms with van der Waals surface area (Å²) in [4.78, 5) is 29.0. The fraction of sp³-hybridized carbons (Fsp3) is 0.273. The Labute approximate surface area is 187 Å². The van der Waals surface area contributed by atoms with E-state index in [1.807, 2.05) is 58.7 Å². The number of carbonyl (C=O) groups excluding carboxylic acids is 1. The number of thioether (sulfide) groups is 2. The third-order valence-corrected chi connectivity index (χ3v) is 7.24. The smallest absolute Gasteiger partial charge is 0.262 e. The first kappa shape index (κ1) is 20.1. The van der Waals surface area contributed by atoms with E-state index in [-0.39, 0.29) is 17.2 Å². The van der Waals surface area contributed by atoms with Crippen LogP contribution in [0, 0.1) is 0 Å². The van der Waals surface area contributed by atoms with Crippen molar-refractivity contribution in [1.29, 1.82) is 0 Å². The van der Waals surface area contributed by atoms with E-state index in [0.29, 0.717) is 29.4 Å². The predicted molar refractivity (Wildman–Crippen MR) is 125 cm³/mol. The van der Waals surface area contributed by atoms with Gasteiger partial charge in [-0.1, -0.05) is 43.0 Å². The molecule has 9 heteroatoms. The quantitative estimate of drug-likeness (QED) is 0.431. The molecular weight excluding hydrogens is 430 g/mol. The maximum atomic E-state index is 13.1. The summed E-state index contributed by atoms with van der Waals surface area (Å²) >= 11 is 3.13. The number of anilines is 1. The van der Waals surface area contributed by atoms with Crippen LogP contribution in [0.15, 0.2) is 63.4 Å². The molecule has 0 saturated carbocycles. The van der Waals surface area contributed by atoms with E-state index in [2.05, 4.69) is 16.3 Å². The number of benzene rings is 2. The Morgan fingerprint density at radius 1 is 1.13 bits per heavy atom. The monoisotopic (exact) mass is 451 g/mol. The lowest BCUT2D eigenvalue weighted by Crippen LogP contribution is -2.36. The van der Waals surface area contributed by atoms with Crippen molar-refractivity contribution < 1.29 is 4.79 Å². The van der Waals surface area contributed by atoms with Crippen molar-refractivity contribution in [2.24, 2.45) is 0 Å². The zero-order valence-electron chi connectivity index (χ0n) is 17.0. The highest BCUT2D eigenvalue weighted by atomic mass is 32.2. The molecule has 2 aromatic heterocycles. The molecule has 0 fully saturated rings. The number of fused-ring (bicyclic) bond motifs is 4. The summed E-state index contributed by atoms with van der Waals surface area (Å²) in [6, 6.07) is 15.5. The second kappa shape index (κ2) is 8.39. The lowest BCUT2D eigenvalue weighted by Gasteiger charge is -2.28. The topological polar surface area (TPSA) is 72.5 Å². The molecule has 0 aliphatic carbocycles. The van der Waals surface area contributed by atoms with E-state index in [4.69, 9.17) is 0 Å². The Kier molecular flexibility index (Phi) is 5.45. The van der Waals surface area contributed by atoms with Crippen molar-refractivity contribution in [3.63, 3.8) is 0 Å². The van der Waals surface area contributed by atoms with E-state index in [1.54, 1.807) is 16.3 Å². The van der Waals surface area contributed by atoms with E-state index in [1.165, 1.54) is 11.8 Å². The minimum Gasteiger partial charge on any atom is -0.310 e. The van der Waals surface area contributed by atoms with E-state index < -0.39 is 0 Å². The molecule has 158 valence electrons. The van der Waals surface area contributed by atoms with Crippen LogP contribution in [0.25, 0.3) is 16.7 Å². The number of hydrogen-bond acceptors (Lipinski definition) is 6. The molecule has 0 radical (unpaired) electrons. The van der Waals surface area contributed by atoms with Crippen LogP contribution < -0.4 is 10.5 Å². The number of rotatable bonds is 5. The fourth-order valence-corrected chi connectivity index (χ4v) is 5.70. The maximum absolute atomic E-state index is 13.1. The van der Waals surface area contributed by atoms with Crippen LogP contribution in [-0.4, -0.2) is 43.1 Å². The van der Waals surface area contributed by atoms with Gasteiger partial charge in [-0.25, -0.2) is 0 Å². The predicted octanol–water partition coefficient (Wildman–Crippen LogP) is 3.69. The minimum atomic E-state index is -0.0626. The van der Waals surface area contributed by atoms with Crippen LogP contribution >= 0.6 is 23.5 Å². The van der Waals surface area contributed by atoms with Crippen molar-refractivity contribution in [3.05, 3.63) is 58.9 Å². The Balaban J connectivity index is 1.50. The maximum Gasteiger partial charge on any atom is 0.262 e. The molecule has 3 heterocycles. The van der Waals surface area contributed by atoms with Gasteiger partial charge in [0.15, 0.2) is 5.16 Å². The molecule has 0 spiro atoms. The van der Waals surface area contributed by atoms with Crippen LogP contribution in [0.4, 0.5) is 5.69 Å². The molecule has 0 bridgehead atoms. The first-order valence-electron chi connectivity index (χ1n) is 10.2. The molecule has 0 unspecified atom stereocenters. The second-order valence-corrected chi connectivity index (χ2v) is 9.32. The molecule has 31 heavy (non-hydrogen) atoms. The molecule has 4 aromatic rings. The minimum absolute atomic E-state index is 0.0423. The summed E-state index contributed by atoms with van der Waals surface area (Å²) < 4.78 is 3.56. The van der Waals surface area contributed by atoms with Gasteiger partial charge in [0.1, 0.15) is 0 Å². The average Bonchev–Trinajstić information content (AvgIpc) is 3.24. The highest BCUT2D eigenvalue weighted by Crippen LogP contribution is 2.35. The Morgan fingerprint density at radius 3 is 2.81 bits per heavy atom. The molecule has 1 aliphatic heterocycles. The summed E-state index contributed by atoms with van der Waals surface area (Å²) in [6.45, 7) is 3.29. The number of hydrogen-bond donors (Lipinski definition) is 0. The number of amides is 1. The molecule has 1 aliphatic rings. The number of carbonyl (C=O) groups is 1. The fourth-order valence-electron chi connectivity index (χ4n) is 3.89. The normalized spacial score (nSPS) is 13.6. The van der Waals surface area contributed by atoms with Crippen LogP contribution in [0.5, 0.6) is 0 Å². The SMILES string of the molecule is CCCn1c(=O)c2ccccc2n2c(SCC(=O)N3CCSc4ccccc43)nnc12. The van der Waals surface area contributed by atoms with Crippen LogP contribution in [0.2, 0.25) is 0 Å². The van der Waals surface area contributed by atoms with Crippen LogP contribution in [-0.2, 0) is 11.3 Å². The summed E-state index contributed by atoms with van der Waals surface area (Å²) in [7, 11) is 0. The number of para-hydroxylation sites is 2. The summed E-state index contributed by atoms with van der Waals surface area (Å²) in [6.07, 6.45) is 0.814. The Bertz CT molecular complexity index is 1350. The molecular formula is C22H21N5O2S2. The van der Waals surface area contributed by atoms with Gasteiger partial charge in [0.25, 0.3) is 5.56 Å². The van der Waals surface area contributed by atoms with Crippen LogP contribution in [0.3, 0.4) is 0 Å². The first-order chi connectivity index (χ1) is 15.2. The Hall–Kier alpha value is -2.78. The second-order valence-electron chi connectivity index (χ2n) is 7.24. The standard InChI is InChI=1S/C22H21N5O2S2/c1-2-11-26-20(29)15-7-3-4-8-16(15)27-21(26)23-24-22(27)31-14-19(28)25-12-13-30-18-10-6-5-9-17(18)25/h3-10H,2,11-14H2,1H3. The third kappa shape index (κ3) is 3.51. The van der Waals surface area contributed by atoms with Gasteiger partial charge in [-0.15, -0.1) is 22.0 Å². The summed E-state index contributed by atoms with van der Waals surface area (Å²) in [5.41, 5.74) is 1.67. The molecule has 0 N–H and O–H groups in total. The molecule has 5 rings (SSSR count). The molecule has 0 atom stereocenters. The zero-order valence-corrected chi connectivity index (χ0v) is 18.7. The van der Waals surface area contributed by atoms with E-state index in [9.17, 15) is 9.59 Å². The highest BCUT2D eigenvalue weighted by Gasteiger charge is 2.24. The highest BCUT2D eigenvalue weighted by molar-refractivity contribution is 8.00. The van der Waals surface area contributed by atoms with Gasteiger partial charge in [0, 0.05) is 23.7 Å². The van der Waals surface area contributed by atoms with Gasteiger partial charge in [-0.05, 0) is 30.7 Å². The van der Waals surface area contributed by atoms with Gasteiger partial charge in [-0.2, -0.15) is 0 Å². The largest absolute Gasteiger partial charge is 0.310 e. The Morgan fingerprint density at radius 2 is 1.94 bits per heavy atom. The number of nitrogens with zero attached hydrogens (tertiary/aromatic N) is 5. The molecule has 1 amide bonds. The summed E-state index contributed by atoms with van der Waals surface area (Å²) in [5.74, 6) is 1.69. The van der Waals surface area contributed by atoms with E-state index >= 15 is 0 Å². The van der Waals surface area contributed by atoms with Crippen molar-refractivity contribution >= 4 is 51.8 Å². The van der Waals surface area contributed by atoms with E-state index in [0.717, 1.165) is 28.3 Å². The van der Waals surface area contributed by atoms with Crippen molar-refractivity contribution in [3.8, 4) is 0 Å². The molecule has 0 saturated heterocycles. The number of aromatic nitrogens is 4. The lowest BCUT2D eigenvalue weighted by molar-refractivity contribution is -0.116. The van der Waals surface area contributed by atoms with Gasteiger partial charge in [0.2, 0.25) is 11.7 Å². The third-order valence-electron chi connectivity index (χ3n) is 5.28. The van der Waals surface area contributed by atoms with Gasteiger partial charge in [-0.3, -0.25) is 18.6 Å². The summed E-state index contributed by atoms with van der Waals surface area (Å²) in [5, 5.41) is 9.87. The van der Waals surface area contributed by atoms with Crippen LogP contribution in [0.1, 0.15) is 13.3 Å². The number of aryl methyl sites for hydroxylation is 1. The lowest BCUT2D eigenvalue weighted by atomic mass is 10.2. The van der Waals surface area contributed by atoms with Crippen molar-refractivity contribution in [2.45, 2.75) is 29.9 Å². The van der Waals surface area contributed by atoms with Crippen molar-refractivity contribution in [2.75, 3.05) is 23.0 Å². The average molecular weight is 452 g/mol. The van der Waals surface area contributed by atoms with Gasteiger partial charge >= 0.3 is 0 Å². The van der Waals surface area contributed by atoms with Crippen molar-refractivity contribution in [1.82, 2.24) is 19.2 Å². The van der Waals surface area contributed by atoms with Gasteiger partial charge in [0.05, 0.1) is 22.3 Å². The van der Waals surface area contributed by atoms with Gasteiger partial charge < -0.3 is 4.90 Å². The molecule has 7 nitrogen and oxygen atoms in total. The first-order valence-corrected chi connectivity index (χ1v) is 12.2. The molecule has 2 aromatic carbocycles. The zero-order chi connectivity index (χ0) is 21.4.